The van der Waals surface area contributed by atoms with E-state index in [-0.39, 0.29) is 0 Å². The van der Waals surface area contributed by atoms with Gasteiger partial charge in [-0.2, -0.15) is 0 Å². The van der Waals surface area contributed by atoms with Gasteiger partial charge in [-0.05, 0) is 12.1 Å². The maximum Gasteiger partial charge on any atom is 0.135 e. The largest absolute Gasteiger partial charge is 0.355 e. The minimum atomic E-state index is 0.306. The topological polar surface area (TPSA) is 32.7 Å². The number of Topliss-reactive ketones (excluding diaryl/α,β-unsaturated/α-hetero) is 1. The summed E-state index contributed by atoms with van der Waals surface area (Å²) in [5, 5.41) is 1.25. The van der Waals surface area contributed by atoms with Gasteiger partial charge in [-0.15, -0.1) is 0 Å². The number of amidine groups is 1. The molecule has 0 radical (unpaired) electrons. The van der Waals surface area contributed by atoms with Gasteiger partial charge in [0, 0.05) is 48.0 Å². The van der Waals surface area contributed by atoms with E-state index in [9.17, 15) is 4.79 Å². The van der Waals surface area contributed by atoms with Crippen molar-refractivity contribution < 1.29 is 4.79 Å². The van der Waals surface area contributed by atoms with Crippen molar-refractivity contribution in [2.24, 2.45) is 4.99 Å². The second-order valence-corrected chi connectivity index (χ2v) is 5.47. The molecule has 0 N–H and O–H groups in total. The van der Waals surface area contributed by atoms with Gasteiger partial charge in [0.15, 0.2) is 0 Å². The summed E-state index contributed by atoms with van der Waals surface area (Å²) < 4.78 is 0. The summed E-state index contributed by atoms with van der Waals surface area (Å²) in [6, 6.07) is 3.57. The second-order valence-electron chi connectivity index (χ2n) is 4.62. The molecule has 5 heteroatoms. The van der Waals surface area contributed by atoms with E-state index in [1.54, 1.807) is 6.07 Å². The third-order valence-corrected chi connectivity index (χ3v) is 3.94. The van der Waals surface area contributed by atoms with Crippen molar-refractivity contribution in [1.29, 1.82) is 0 Å². The van der Waals surface area contributed by atoms with Crippen molar-refractivity contribution in [1.82, 2.24) is 4.90 Å². The molecule has 94 valence electrons. The number of carbonyl (C=O) groups is 1. The maximum absolute atomic E-state index is 11.5. The van der Waals surface area contributed by atoms with Crippen LogP contribution >= 0.6 is 23.2 Å². The van der Waals surface area contributed by atoms with Crippen LogP contribution in [0.15, 0.2) is 17.1 Å². The summed E-state index contributed by atoms with van der Waals surface area (Å²) in [7, 11) is 0. The predicted octanol–water partition coefficient (Wildman–Crippen LogP) is 3.59. The van der Waals surface area contributed by atoms with Crippen molar-refractivity contribution in [3.63, 3.8) is 0 Å². The molecule has 3 rings (SSSR count). The number of benzene rings is 1. The van der Waals surface area contributed by atoms with Gasteiger partial charge in [0.2, 0.25) is 0 Å². The fraction of sp³-hybridized carbons (Fsp3) is 0.385. The van der Waals surface area contributed by atoms with Crippen molar-refractivity contribution in [2.75, 3.05) is 6.54 Å². The van der Waals surface area contributed by atoms with Crippen LogP contribution in [0.1, 0.15) is 24.8 Å². The Hall–Kier alpha value is -1.06. The lowest BCUT2D eigenvalue weighted by atomic mass is 10.1. The zero-order chi connectivity index (χ0) is 12.7. The molecule has 1 saturated heterocycles. The summed E-state index contributed by atoms with van der Waals surface area (Å²) in [4.78, 5) is 18.2. The molecule has 0 saturated carbocycles. The molecular formula is C13H12Cl2N2O. The van der Waals surface area contributed by atoms with E-state index in [0.29, 0.717) is 35.1 Å². The number of nitrogens with zero attached hydrogens (tertiary/aromatic N) is 2. The average molecular weight is 283 g/mol. The van der Waals surface area contributed by atoms with Crippen molar-refractivity contribution >= 4 is 40.5 Å². The van der Waals surface area contributed by atoms with Gasteiger partial charge in [0.05, 0.1) is 5.69 Å². The molecule has 0 aromatic heterocycles. The first-order valence-corrected chi connectivity index (χ1v) is 6.71. The van der Waals surface area contributed by atoms with Gasteiger partial charge in [-0.25, -0.2) is 4.99 Å². The first-order valence-electron chi connectivity index (χ1n) is 5.95. The minimum Gasteiger partial charge on any atom is -0.355 e. The van der Waals surface area contributed by atoms with Gasteiger partial charge in [-0.1, -0.05) is 23.2 Å². The Morgan fingerprint density at radius 2 is 2.00 bits per heavy atom. The monoisotopic (exact) mass is 282 g/mol. The number of hydrogen-bond acceptors (Lipinski definition) is 3. The minimum absolute atomic E-state index is 0.306. The van der Waals surface area contributed by atoms with Crippen LogP contribution < -0.4 is 0 Å². The maximum atomic E-state index is 11.5. The Balaban J connectivity index is 2.03. The Labute approximate surface area is 115 Å². The van der Waals surface area contributed by atoms with Crippen LogP contribution in [0, 0.1) is 0 Å². The molecule has 1 fully saturated rings. The highest BCUT2D eigenvalue weighted by molar-refractivity contribution is 6.35. The van der Waals surface area contributed by atoms with Crippen LogP contribution in [0.4, 0.5) is 5.69 Å². The van der Waals surface area contributed by atoms with Crippen LogP contribution in [0.25, 0.3) is 0 Å². The van der Waals surface area contributed by atoms with E-state index in [4.69, 9.17) is 23.2 Å². The fourth-order valence-electron chi connectivity index (χ4n) is 2.40. The predicted molar refractivity (Wildman–Crippen MR) is 72.8 cm³/mol. The smallest absolute Gasteiger partial charge is 0.135 e. The van der Waals surface area contributed by atoms with Crippen molar-refractivity contribution in [3.05, 3.63) is 27.7 Å². The summed E-state index contributed by atoms with van der Waals surface area (Å²) in [5.41, 5.74) is 1.84. The van der Waals surface area contributed by atoms with E-state index >= 15 is 0 Å². The highest BCUT2D eigenvalue weighted by atomic mass is 35.5. The van der Waals surface area contributed by atoms with E-state index in [1.165, 1.54) is 0 Å². The lowest BCUT2D eigenvalue weighted by molar-refractivity contribution is -0.118. The molecule has 0 spiro atoms. The molecule has 2 aliphatic heterocycles. The number of carbonyl (C=O) groups excluding carboxylic acids is 1. The SMILES string of the molecule is O=C1CCC2=Nc3cc(Cl)cc(Cl)c3CN2CC1. The zero-order valence-electron chi connectivity index (χ0n) is 9.75. The van der Waals surface area contributed by atoms with Gasteiger partial charge in [0.1, 0.15) is 11.6 Å². The average Bonchev–Trinajstić information content (AvgIpc) is 2.50. The van der Waals surface area contributed by atoms with Gasteiger partial charge in [-0.3, -0.25) is 4.79 Å². The summed E-state index contributed by atoms with van der Waals surface area (Å²) in [6.45, 7) is 1.45. The van der Waals surface area contributed by atoms with Crippen LogP contribution in [0.3, 0.4) is 0 Å². The van der Waals surface area contributed by atoms with Crippen LogP contribution in [-0.4, -0.2) is 23.1 Å². The number of hydrogen-bond donors (Lipinski definition) is 0. The molecule has 0 aliphatic carbocycles. The highest BCUT2D eigenvalue weighted by Crippen LogP contribution is 2.36. The molecule has 1 aromatic rings. The van der Waals surface area contributed by atoms with Crippen LogP contribution in [0.5, 0.6) is 0 Å². The molecular weight excluding hydrogens is 271 g/mol. The zero-order valence-corrected chi connectivity index (χ0v) is 11.3. The number of aliphatic imine (C=N–C) groups is 1. The highest BCUT2D eigenvalue weighted by Gasteiger charge is 2.25. The Bertz CT molecular complexity index is 554. The summed E-state index contributed by atoms with van der Waals surface area (Å²) >= 11 is 12.2. The molecule has 18 heavy (non-hydrogen) atoms. The quantitative estimate of drug-likeness (QED) is 0.729. The first kappa shape index (κ1) is 12.0. The summed E-state index contributed by atoms with van der Waals surface area (Å²) in [6.07, 6.45) is 1.89. The number of fused-ring (bicyclic) bond motifs is 2. The third-order valence-electron chi connectivity index (χ3n) is 3.39. The molecule has 0 amide bonds. The molecule has 0 atom stereocenters. The molecule has 1 aromatic carbocycles. The van der Waals surface area contributed by atoms with Crippen LogP contribution in [-0.2, 0) is 11.3 Å². The van der Waals surface area contributed by atoms with E-state index in [2.05, 4.69) is 9.89 Å². The Morgan fingerprint density at radius 1 is 1.17 bits per heavy atom. The Kier molecular flexibility index (Phi) is 3.04. The normalized spacial score (nSPS) is 18.9. The lowest BCUT2D eigenvalue weighted by Crippen LogP contribution is -2.32. The van der Waals surface area contributed by atoms with E-state index in [0.717, 1.165) is 30.2 Å². The molecule has 2 heterocycles. The molecule has 0 unspecified atom stereocenters. The number of ketones is 1. The van der Waals surface area contributed by atoms with E-state index < -0.39 is 0 Å². The fourth-order valence-corrected chi connectivity index (χ4v) is 2.94. The van der Waals surface area contributed by atoms with Crippen molar-refractivity contribution in [3.8, 4) is 0 Å². The number of halogens is 2. The third kappa shape index (κ3) is 2.13. The molecule has 3 nitrogen and oxygen atoms in total. The second kappa shape index (κ2) is 4.56. The Morgan fingerprint density at radius 3 is 2.83 bits per heavy atom. The first-order chi connectivity index (χ1) is 8.63. The lowest BCUT2D eigenvalue weighted by Gasteiger charge is -2.29. The molecule has 0 bridgehead atoms. The van der Waals surface area contributed by atoms with Gasteiger partial charge < -0.3 is 4.90 Å². The summed E-state index contributed by atoms with van der Waals surface area (Å²) in [5.74, 6) is 1.28. The van der Waals surface area contributed by atoms with Gasteiger partial charge >= 0.3 is 0 Å². The van der Waals surface area contributed by atoms with Crippen molar-refractivity contribution in [2.45, 2.75) is 25.8 Å². The standard InChI is InChI=1S/C13H12Cl2N2O/c14-8-5-11(15)10-7-17-4-3-9(18)1-2-13(17)16-12(10)6-8/h5-6H,1-4,7H2. The van der Waals surface area contributed by atoms with Crippen LogP contribution in [0.2, 0.25) is 10.0 Å². The molecule has 2 aliphatic rings. The van der Waals surface area contributed by atoms with Gasteiger partial charge in [0.25, 0.3) is 0 Å². The number of rotatable bonds is 0. The van der Waals surface area contributed by atoms with E-state index in [1.807, 2.05) is 6.07 Å².